The quantitative estimate of drug-likeness (QED) is 0.904. The van der Waals surface area contributed by atoms with Crippen LogP contribution in [0, 0.1) is 13.8 Å². The Bertz CT molecular complexity index is 632. The number of hydrogen-bond acceptors (Lipinski definition) is 2. The molecular formula is C18H22N2O. The molecule has 0 radical (unpaired) electrons. The minimum Gasteiger partial charge on any atom is -0.346 e. The first-order valence-electron chi connectivity index (χ1n) is 7.19. The lowest BCUT2D eigenvalue weighted by molar-refractivity contribution is 0.0940. The Labute approximate surface area is 126 Å². The monoisotopic (exact) mass is 282 g/mol. The molecule has 1 amide bonds. The van der Waals surface area contributed by atoms with Gasteiger partial charge in [-0.3, -0.25) is 4.79 Å². The summed E-state index contributed by atoms with van der Waals surface area (Å²) < 4.78 is 0. The summed E-state index contributed by atoms with van der Waals surface area (Å²) in [4.78, 5) is 12.3. The van der Waals surface area contributed by atoms with E-state index in [1.54, 1.807) is 0 Å². The second-order valence-corrected chi connectivity index (χ2v) is 5.39. The van der Waals surface area contributed by atoms with Crippen LogP contribution < -0.4 is 11.1 Å². The molecule has 1 unspecified atom stereocenters. The Hall–Kier alpha value is -2.13. The largest absolute Gasteiger partial charge is 0.346 e. The van der Waals surface area contributed by atoms with Crippen molar-refractivity contribution in [2.45, 2.75) is 33.4 Å². The fraction of sp³-hybridized carbons (Fsp3) is 0.278. The molecule has 0 saturated carbocycles. The van der Waals surface area contributed by atoms with Gasteiger partial charge in [0.15, 0.2) is 0 Å². The highest BCUT2D eigenvalue weighted by atomic mass is 16.1. The number of hydrogen-bond donors (Lipinski definition) is 2. The van der Waals surface area contributed by atoms with Crippen LogP contribution in [0.15, 0.2) is 42.5 Å². The lowest BCUT2D eigenvalue weighted by Gasteiger charge is -2.18. The molecule has 0 aliphatic heterocycles. The van der Waals surface area contributed by atoms with Crippen molar-refractivity contribution in [2.24, 2.45) is 5.73 Å². The van der Waals surface area contributed by atoms with E-state index in [0.717, 1.165) is 11.1 Å². The van der Waals surface area contributed by atoms with Crippen LogP contribution in [0.3, 0.4) is 0 Å². The predicted octanol–water partition coefficient (Wildman–Crippen LogP) is 3.25. The Morgan fingerprint density at radius 2 is 1.81 bits per heavy atom. The van der Waals surface area contributed by atoms with E-state index in [0.29, 0.717) is 12.1 Å². The lowest BCUT2D eigenvalue weighted by atomic mass is 9.98. The summed E-state index contributed by atoms with van der Waals surface area (Å²) in [5.74, 6) is -0.0630. The minimum absolute atomic E-state index is 0.0217. The molecule has 0 aromatic heterocycles. The molecule has 0 saturated heterocycles. The Kier molecular flexibility index (Phi) is 4.76. The highest BCUT2D eigenvalue weighted by Gasteiger charge is 2.13. The normalized spacial score (nSPS) is 12.0. The molecule has 2 aromatic carbocycles. The SMILES string of the molecule is Cc1cccc(C(C)NC(=O)c2ccc(CN)cc2)c1C. The second kappa shape index (κ2) is 6.55. The Balaban J connectivity index is 2.12. The van der Waals surface area contributed by atoms with Crippen molar-refractivity contribution >= 4 is 5.91 Å². The molecule has 0 heterocycles. The number of rotatable bonds is 4. The molecule has 3 heteroatoms. The molecule has 3 N–H and O–H groups in total. The third kappa shape index (κ3) is 3.50. The third-order valence-corrected chi connectivity index (χ3v) is 3.91. The van der Waals surface area contributed by atoms with Gasteiger partial charge in [-0.2, -0.15) is 0 Å². The molecule has 0 bridgehead atoms. The van der Waals surface area contributed by atoms with Crippen LogP contribution in [0.2, 0.25) is 0 Å². The van der Waals surface area contributed by atoms with E-state index < -0.39 is 0 Å². The summed E-state index contributed by atoms with van der Waals surface area (Å²) >= 11 is 0. The van der Waals surface area contributed by atoms with E-state index in [4.69, 9.17) is 5.73 Å². The van der Waals surface area contributed by atoms with E-state index in [1.807, 2.05) is 37.3 Å². The topological polar surface area (TPSA) is 55.1 Å². The van der Waals surface area contributed by atoms with Crippen molar-refractivity contribution in [1.29, 1.82) is 0 Å². The molecule has 3 nitrogen and oxygen atoms in total. The van der Waals surface area contributed by atoms with E-state index in [-0.39, 0.29) is 11.9 Å². The number of aryl methyl sites for hydroxylation is 1. The van der Waals surface area contributed by atoms with Crippen LogP contribution in [0.4, 0.5) is 0 Å². The lowest BCUT2D eigenvalue weighted by Crippen LogP contribution is -2.27. The van der Waals surface area contributed by atoms with Crippen molar-refractivity contribution < 1.29 is 4.79 Å². The minimum atomic E-state index is -0.0630. The molecule has 0 fully saturated rings. The van der Waals surface area contributed by atoms with Crippen LogP contribution in [0.25, 0.3) is 0 Å². The zero-order valence-electron chi connectivity index (χ0n) is 12.8. The van der Waals surface area contributed by atoms with Crippen LogP contribution in [0.1, 0.15) is 45.6 Å². The van der Waals surface area contributed by atoms with Gasteiger partial charge in [0.2, 0.25) is 0 Å². The number of amides is 1. The predicted molar refractivity (Wildman–Crippen MR) is 86.1 cm³/mol. The molecule has 0 aliphatic carbocycles. The van der Waals surface area contributed by atoms with Crippen LogP contribution in [-0.4, -0.2) is 5.91 Å². The highest BCUT2D eigenvalue weighted by Crippen LogP contribution is 2.20. The average molecular weight is 282 g/mol. The van der Waals surface area contributed by atoms with Crippen molar-refractivity contribution in [3.05, 3.63) is 70.3 Å². The van der Waals surface area contributed by atoms with Gasteiger partial charge in [0.05, 0.1) is 6.04 Å². The van der Waals surface area contributed by atoms with Gasteiger partial charge in [0.25, 0.3) is 5.91 Å². The van der Waals surface area contributed by atoms with E-state index >= 15 is 0 Å². The van der Waals surface area contributed by atoms with Crippen LogP contribution >= 0.6 is 0 Å². The van der Waals surface area contributed by atoms with Gasteiger partial charge in [-0.1, -0.05) is 30.3 Å². The van der Waals surface area contributed by atoms with E-state index in [2.05, 4.69) is 31.3 Å². The second-order valence-electron chi connectivity index (χ2n) is 5.39. The molecule has 1 atom stereocenters. The fourth-order valence-electron chi connectivity index (χ4n) is 2.39. The summed E-state index contributed by atoms with van der Waals surface area (Å²) in [6, 6.07) is 13.5. The molecule has 110 valence electrons. The molecule has 21 heavy (non-hydrogen) atoms. The molecule has 2 aromatic rings. The standard InChI is InChI=1S/C18H22N2O/c1-12-5-4-6-17(13(12)2)14(3)20-18(21)16-9-7-15(11-19)8-10-16/h4-10,14H,11,19H2,1-3H3,(H,20,21). The first-order chi connectivity index (χ1) is 10.0. The van der Waals surface area contributed by atoms with Gasteiger partial charge in [0, 0.05) is 12.1 Å². The molecule has 0 spiro atoms. The summed E-state index contributed by atoms with van der Waals surface area (Å²) in [5, 5.41) is 3.05. The van der Waals surface area contributed by atoms with E-state index in [9.17, 15) is 4.79 Å². The van der Waals surface area contributed by atoms with Gasteiger partial charge in [-0.25, -0.2) is 0 Å². The Morgan fingerprint density at radius 3 is 2.43 bits per heavy atom. The molecular weight excluding hydrogens is 260 g/mol. The van der Waals surface area contributed by atoms with Gasteiger partial charge in [-0.15, -0.1) is 0 Å². The van der Waals surface area contributed by atoms with Crippen LogP contribution in [0.5, 0.6) is 0 Å². The zero-order valence-corrected chi connectivity index (χ0v) is 12.8. The maximum Gasteiger partial charge on any atom is 0.251 e. The number of benzene rings is 2. The number of nitrogens with two attached hydrogens (primary N) is 1. The summed E-state index contributed by atoms with van der Waals surface area (Å²) in [5.41, 5.74) is 10.9. The van der Waals surface area contributed by atoms with Crippen molar-refractivity contribution in [3.63, 3.8) is 0 Å². The highest BCUT2D eigenvalue weighted by molar-refractivity contribution is 5.94. The number of nitrogens with one attached hydrogen (secondary N) is 1. The van der Waals surface area contributed by atoms with Gasteiger partial charge < -0.3 is 11.1 Å². The first-order valence-corrected chi connectivity index (χ1v) is 7.19. The maximum absolute atomic E-state index is 12.3. The first kappa shape index (κ1) is 15.3. The van der Waals surface area contributed by atoms with Gasteiger partial charge >= 0.3 is 0 Å². The number of carbonyl (C=O) groups excluding carboxylic acids is 1. The number of carbonyl (C=O) groups is 1. The maximum atomic E-state index is 12.3. The molecule has 0 aliphatic rings. The third-order valence-electron chi connectivity index (χ3n) is 3.91. The average Bonchev–Trinajstić information content (AvgIpc) is 2.50. The Morgan fingerprint density at radius 1 is 1.14 bits per heavy atom. The zero-order chi connectivity index (χ0) is 15.4. The summed E-state index contributed by atoms with van der Waals surface area (Å²) in [6.45, 7) is 6.66. The fourth-order valence-corrected chi connectivity index (χ4v) is 2.39. The van der Waals surface area contributed by atoms with Crippen molar-refractivity contribution in [3.8, 4) is 0 Å². The molecule has 2 rings (SSSR count). The smallest absolute Gasteiger partial charge is 0.251 e. The van der Waals surface area contributed by atoms with Crippen LogP contribution in [-0.2, 0) is 6.54 Å². The van der Waals surface area contributed by atoms with Crippen molar-refractivity contribution in [2.75, 3.05) is 0 Å². The van der Waals surface area contributed by atoms with Gasteiger partial charge in [0.1, 0.15) is 0 Å². The van der Waals surface area contributed by atoms with Gasteiger partial charge in [-0.05, 0) is 55.2 Å². The van der Waals surface area contributed by atoms with E-state index in [1.165, 1.54) is 11.1 Å². The van der Waals surface area contributed by atoms with Crippen molar-refractivity contribution in [1.82, 2.24) is 5.32 Å². The summed E-state index contributed by atoms with van der Waals surface area (Å²) in [6.07, 6.45) is 0. The summed E-state index contributed by atoms with van der Waals surface area (Å²) in [7, 11) is 0.